The summed E-state index contributed by atoms with van der Waals surface area (Å²) in [6, 6.07) is 11.3. The zero-order chi connectivity index (χ0) is 22.4. The Bertz CT molecular complexity index is 1070. The van der Waals surface area contributed by atoms with E-state index >= 15 is 0 Å². The molecule has 4 amide bonds. The molecule has 0 bridgehead atoms. The van der Waals surface area contributed by atoms with Crippen molar-refractivity contribution in [2.24, 2.45) is 0 Å². The van der Waals surface area contributed by atoms with Gasteiger partial charge in [-0.1, -0.05) is 30.3 Å². The molecule has 9 nitrogen and oxygen atoms in total. The fraction of sp³-hybridized carbons (Fsp3) is 0.143. The van der Waals surface area contributed by atoms with Crippen molar-refractivity contribution < 1.29 is 33.0 Å². The van der Waals surface area contributed by atoms with Gasteiger partial charge in [-0.15, -0.1) is 0 Å². The Kier molecular flexibility index (Phi) is 6.61. The van der Waals surface area contributed by atoms with E-state index in [1.807, 2.05) is 0 Å². The molecule has 2 N–H and O–H groups in total. The van der Waals surface area contributed by atoms with E-state index in [-0.39, 0.29) is 23.7 Å². The molecule has 160 valence electrons. The van der Waals surface area contributed by atoms with E-state index < -0.39 is 36.2 Å². The maximum Gasteiger partial charge on any atom is 0.343 e. The smallest absolute Gasteiger partial charge is 0.343 e. The highest BCUT2D eigenvalue weighted by molar-refractivity contribution is 6.16. The number of esters is 1. The Morgan fingerprint density at radius 3 is 2.58 bits per heavy atom. The second-order valence-corrected chi connectivity index (χ2v) is 6.31. The van der Waals surface area contributed by atoms with Gasteiger partial charge in [-0.3, -0.25) is 9.59 Å². The van der Waals surface area contributed by atoms with Crippen molar-refractivity contribution in [3.8, 4) is 5.75 Å². The van der Waals surface area contributed by atoms with Gasteiger partial charge in [0.1, 0.15) is 23.8 Å². The monoisotopic (exact) mass is 427 g/mol. The van der Waals surface area contributed by atoms with E-state index in [0.717, 1.165) is 0 Å². The van der Waals surface area contributed by atoms with E-state index in [1.165, 1.54) is 37.5 Å². The lowest BCUT2D eigenvalue weighted by atomic mass is 10.1. The lowest BCUT2D eigenvalue weighted by Gasteiger charge is -2.12. The van der Waals surface area contributed by atoms with Crippen LogP contribution in [0.4, 0.5) is 14.9 Å². The number of halogens is 1. The fourth-order valence-electron chi connectivity index (χ4n) is 2.69. The third-order valence-corrected chi connectivity index (χ3v) is 4.20. The Morgan fingerprint density at radius 2 is 1.84 bits per heavy atom. The average Bonchev–Trinajstić information content (AvgIpc) is 3.01. The molecule has 0 spiro atoms. The average molecular weight is 427 g/mol. The molecule has 0 aromatic heterocycles. The number of imide groups is 1. The maximum absolute atomic E-state index is 13.7. The molecule has 2 aromatic rings. The first-order chi connectivity index (χ1) is 14.9. The van der Waals surface area contributed by atoms with Crippen LogP contribution in [0.3, 0.4) is 0 Å². The van der Waals surface area contributed by atoms with Crippen LogP contribution < -0.4 is 15.4 Å². The molecular formula is C21H18FN3O6. The molecule has 1 aliphatic rings. The van der Waals surface area contributed by atoms with Crippen LogP contribution in [0.5, 0.6) is 5.75 Å². The Balaban J connectivity index is 1.71. The van der Waals surface area contributed by atoms with Crippen molar-refractivity contribution in [3.63, 3.8) is 0 Å². The van der Waals surface area contributed by atoms with Crippen LogP contribution in [0.25, 0.3) is 6.08 Å². The number of para-hydroxylation sites is 2. The van der Waals surface area contributed by atoms with Crippen molar-refractivity contribution in [1.82, 2.24) is 10.2 Å². The van der Waals surface area contributed by atoms with E-state index in [0.29, 0.717) is 10.5 Å². The lowest BCUT2D eigenvalue weighted by molar-refractivity contribution is -0.142. The van der Waals surface area contributed by atoms with Gasteiger partial charge in [0.15, 0.2) is 6.61 Å². The minimum Gasteiger partial charge on any atom is -0.481 e. The summed E-state index contributed by atoms with van der Waals surface area (Å²) in [7, 11) is 1.23. The number of carbonyl (C=O) groups excluding carboxylic acids is 4. The molecule has 1 heterocycles. The highest BCUT2D eigenvalue weighted by Crippen LogP contribution is 2.23. The molecule has 1 aliphatic heterocycles. The van der Waals surface area contributed by atoms with Gasteiger partial charge in [0.05, 0.1) is 12.8 Å². The minimum atomic E-state index is -0.798. The number of rotatable bonds is 7. The van der Waals surface area contributed by atoms with E-state index in [2.05, 4.69) is 15.4 Å². The summed E-state index contributed by atoms with van der Waals surface area (Å²) in [6.07, 6.45) is 1.36. The number of benzene rings is 2. The number of ether oxygens (including phenoxy) is 2. The summed E-state index contributed by atoms with van der Waals surface area (Å²) in [5.41, 5.74) is 0.275. The summed E-state index contributed by atoms with van der Waals surface area (Å²) in [5.74, 6) is -2.41. The van der Waals surface area contributed by atoms with E-state index in [4.69, 9.17) is 4.74 Å². The van der Waals surface area contributed by atoms with Gasteiger partial charge in [0.2, 0.25) is 5.91 Å². The third kappa shape index (κ3) is 5.24. The summed E-state index contributed by atoms with van der Waals surface area (Å²) >= 11 is 0. The maximum atomic E-state index is 13.7. The molecule has 3 rings (SSSR count). The number of nitrogens with one attached hydrogen (secondary N) is 2. The van der Waals surface area contributed by atoms with Gasteiger partial charge < -0.3 is 20.1 Å². The predicted octanol–water partition coefficient (Wildman–Crippen LogP) is 1.91. The van der Waals surface area contributed by atoms with Crippen LogP contribution in [0.15, 0.2) is 54.2 Å². The summed E-state index contributed by atoms with van der Waals surface area (Å²) in [5, 5.41) is 4.70. The second-order valence-electron chi connectivity index (χ2n) is 6.31. The topological polar surface area (TPSA) is 114 Å². The molecule has 0 aliphatic carbocycles. The molecule has 1 fully saturated rings. The summed E-state index contributed by atoms with van der Waals surface area (Å²) in [6.45, 7) is -0.934. The van der Waals surface area contributed by atoms with Crippen molar-refractivity contribution in [1.29, 1.82) is 0 Å². The number of methoxy groups -OCH3 is 1. The van der Waals surface area contributed by atoms with Crippen LogP contribution in [0, 0.1) is 5.82 Å². The van der Waals surface area contributed by atoms with Crippen LogP contribution in [0.2, 0.25) is 0 Å². The van der Waals surface area contributed by atoms with Gasteiger partial charge in [0, 0.05) is 5.56 Å². The molecule has 0 unspecified atom stereocenters. The van der Waals surface area contributed by atoms with Crippen molar-refractivity contribution >= 4 is 35.6 Å². The van der Waals surface area contributed by atoms with Crippen molar-refractivity contribution in [3.05, 3.63) is 65.6 Å². The van der Waals surface area contributed by atoms with Crippen LogP contribution in [0.1, 0.15) is 5.56 Å². The Labute approximate surface area is 176 Å². The molecule has 2 aromatic carbocycles. The van der Waals surface area contributed by atoms with E-state index in [9.17, 15) is 23.6 Å². The standard InChI is InChI=1S/C21H18FN3O6/c1-30-19(27)12-31-17-9-5-2-6-13(17)10-16-20(28)25(21(29)24-16)11-18(26)23-15-8-4-3-7-14(15)22/h2-10H,11-12H2,1H3,(H,23,26)(H,24,29)/b16-10+. The number of anilines is 1. The zero-order valence-electron chi connectivity index (χ0n) is 16.4. The highest BCUT2D eigenvalue weighted by Gasteiger charge is 2.35. The highest BCUT2D eigenvalue weighted by atomic mass is 19.1. The molecule has 10 heteroatoms. The van der Waals surface area contributed by atoms with Gasteiger partial charge in [-0.2, -0.15) is 0 Å². The number of hydrogen-bond acceptors (Lipinski definition) is 6. The SMILES string of the molecule is COC(=O)COc1ccccc1/C=C1/NC(=O)N(CC(=O)Nc2ccccc2F)C1=O. The molecule has 31 heavy (non-hydrogen) atoms. The first-order valence-electron chi connectivity index (χ1n) is 9.06. The van der Waals surface area contributed by atoms with Gasteiger partial charge >= 0.3 is 12.0 Å². The number of amides is 4. The largest absolute Gasteiger partial charge is 0.481 e. The second kappa shape index (κ2) is 9.53. The van der Waals surface area contributed by atoms with E-state index in [1.54, 1.807) is 24.3 Å². The van der Waals surface area contributed by atoms with Crippen LogP contribution in [-0.2, 0) is 19.1 Å². The van der Waals surface area contributed by atoms with Gasteiger partial charge in [0.25, 0.3) is 5.91 Å². The fourth-order valence-corrected chi connectivity index (χ4v) is 2.69. The van der Waals surface area contributed by atoms with Crippen LogP contribution in [-0.4, -0.2) is 49.0 Å². The Morgan fingerprint density at radius 1 is 1.13 bits per heavy atom. The predicted molar refractivity (Wildman–Crippen MR) is 107 cm³/mol. The Hall–Kier alpha value is -4.21. The molecular weight excluding hydrogens is 409 g/mol. The van der Waals surface area contributed by atoms with Crippen LogP contribution >= 0.6 is 0 Å². The molecule has 0 radical (unpaired) electrons. The van der Waals surface area contributed by atoms with Gasteiger partial charge in [-0.25, -0.2) is 18.9 Å². The number of urea groups is 1. The van der Waals surface area contributed by atoms with Crippen molar-refractivity contribution in [2.75, 3.05) is 25.6 Å². The lowest BCUT2D eigenvalue weighted by Crippen LogP contribution is -2.38. The molecule has 0 atom stereocenters. The minimum absolute atomic E-state index is 0.0630. The van der Waals surface area contributed by atoms with Crippen molar-refractivity contribution in [2.45, 2.75) is 0 Å². The molecule has 1 saturated heterocycles. The number of nitrogens with zero attached hydrogens (tertiary/aromatic N) is 1. The third-order valence-electron chi connectivity index (χ3n) is 4.20. The molecule has 0 saturated carbocycles. The normalized spacial score (nSPS) is 14.4. The quantitative estimate of drug-likeness (QED) is 0.396. The summed E-state index contributed by atoms with van der Waals surface area (Å²) in [4.78, 5) is 48.9. The number of carbonyl (C=O) groups is 4. The van der Waals surface area contributed by atoms with Gasteiger partial charge in [-0.05, 0) is 24.3 Å². The first kappa shape index (κ1) is 21.5. The first-order valence-corrected chi connectivity index (χ1v) is 9.06. The number of hydrogen-bond donors (Lipinski definition) is 2. The summed E-state index contributed by atoms with van der Waals surface area (Å²) < 4.78 is 23.6. The zero-order valence-corrected chi connectivity index (χ0v) is 16.4.